The molecule has 0 aliphatic carbocycles. The third kappa shape index (κ3) is 6.20. The Balaban J connectivity index is 2.01. The molecule has 0 fully saturated rings. The minimum atomic E-state index is -3.41. The first-order valence-corrected chi connectivity index (χ1v) is 10.1. The highest BCUT2D eigenvalue weighted by atomic mass is 32.2. The van der Waals surface area contributed by atoms with Gasteiger partial charge in [-0.3, -0.25) is 14.3 Å². The number of hydrogen-bond donors (Lipinski definition) is 2. The summed E-state index contributed by atoms with van der Waals surface area (Å²) in [6.07, 6.45) is -0.00715. The van der Waals surface area contributed by atoms with Gasteiger partial charge in [0.25, 0.3) is 0 Å². The Morgan fingerprint density at radius 2 is 1.39 bits per heavy atom. The number of rotatable bonds is 7. The van der Waals surface area contributed by atoms with E-state index in [-0.39, 0.29) is 17.0 Å². The number of Topliss-reactive ketones (excluding diaryl/α,β-unsaturated/α-hetero) is 1. The largest absolute Gasteiger partial charge is 0.451 e. The highest BCUT2D eigenvalue weighted by Gasteiger charge is 2.20. The molecular formula is C19H20N2O6S. The van der Waals surface area contributed by atoms with Gasteiger partial charge in [0, 0.05) is 23.9 Å². The molecule has 8 nitrogen and oxygen atoms in total. The minimum Gasteiger partial charge on any atom is -0.451 e. The first-order valence-electron chi connectivity index (χ1n) is 8.26. The van der Waals surface area contributed by atoms with Crippen LogP contribution in [0.2, 0.25) is 0 Å². The molecule has 0 aliphatic heterocycles. The van der Waals surface area contributed by atoms with E-state index in [0.29, 0.717) is 11.4 Å². The van der Waals surface area contributed by atoms with Crippen LogP contribution in [-0.2, 0) is 19.6 Å². The molecule has 1 atom stereocenters. The smallest absolute Gasteiger partial charge is 0.338 e. The first kappa shape index (κ1) is 21.1. The number of esters is 1. The van der Waals surface area contributed by atoms with Crippen molar-refractivity contribution >= 4 is 39.1 Å². The molecule has 2 rings (SSSR count). The summed E-state index contributed by atoms with van der Waals surface area (Å²) in [7, 11) is -3.41. The number of carbonyl (C=O) groups excluding carboxylic acids is 3. The predicted molar refractivity (Wildman–Crippen MR) is 105 cm³/mol. The Morgan fingerprint density at radius 1 is 0.893 bits per heavy atom. The molecular weight excluding hydrogens is 384 g/mol. The minimum absolute atomic E-state index is 0.229. The lowest BCUT2D eigenvalue weighted by Gasteiger charge is -2.13. The second kappa shape index (κ2) is 8.66. The second-order valence-electron chi connectivity index (χ2n) is 6.12. The van der Waals surface area contributed by atoms with E-state index in [2.05, 4.69) is 10.0 Å². The van der Waals surface area contributed by atoms with Crippen LogP contribution in [0.3, 0.4) is 0 Å². The molecule has 2 aromatic carbocycles. The number of hydrogen-bond acceptors (Lipinski definition) is 6. The van der Waals surface area contributed by atoms with Crippen molar-refractivity contribution in [2.24, 2.45) is 0 Å². The SMILES string of the molecule is CC(=O)Nc1ccc(C(=O)O[C@@H](C)C(=O)c2ccc(NS(C)(=O)=O)cc2)cc1. The van der Waals surface area contributed by atoms with Gasteiger partial charge in [-0.1, -0.05) is 0 Å². The van der Waals surface area contributed by atoms with Crippen LogP contribution in [0.15, 0.2) is 48.5 Å². The normalized spacial score (nSPS) is 12.0. The summed E-state index contributed by atoms with van der Waals surface area (Å²) in [6, 6.07) is 11.9. The number of carbonyl (C=O) groups is 3. The summed E-state index contributed by atoms with van der Waals surface area (Å²) in [4.78, 5) is 35.6. The lowest BCUT2D eigenvalue weighted by atomic mass is 10.1. The van der Waals surface area contributed by atoms with E-state index in [9.17, 15) is 22.8 Å². The Labute approximate surface area is 163 Å². The van der Waals surface area contributed by atoms with Crippen molar-refractivity contribution in [3.63, 3.8) is 0 Å². The van der Waals surface area contributed by atoms with Crippen LogP contribution in [-0.4, -0.2) is 38.4 Å². The summed E-state index contributed by atoms with van der Waals surface area (Å²) in [6.45, 7) is 2.83. The Kier molecular flexibility index (Phi) is 6.53. The third-order valence-electron chi connectivity index (χ3n) is 3.57. The van der Waals surface area contributed by atoms with Crippen molar-refractivity contribution in [2.75, 3.05) is 16.3 Å². The summed E-state index contributed by atoms with van der Waals surface area (Å²) >= 11 is 0. The van der Waals surface area contributed by atoms with Gasteiger partial charge in [-0.15, -0.1) is 0 Å². The topological polar surface area (TPSA) is 119 Å². The maximum absolute atomic E-state index is 12.4. The summed E-state index contributed by atoms with van der Waals surface area (Å²) in [5, 5.41) is 2.58. The van der Waals surface area contributed by atoms with Gasteiger partial charge < -0.3 is 10.1 Å². The fraction of sp³-hybridized carbons (Fsp3) is 0.211. The van der Waals surface area contributed by atoms with Crippen LogP contribution >= 0.6 is 0 Å². The number of anilines is 2. The molecule has 0 unspecified atom stereocenters. The van der Waals surface area contributed by atoms with Crippen molar-refractivity contribution in [2.45, 2.75) is 20.0 Å². The number of benzene rings is 2. The first-order chi connectivity index (χ1) is 13.0. The molecule has 0 heterocycles. The van der Waals surface area contributed by atoms with Crippen LogP contribution in [0.1, 0.15) is 34.6 Å². The molecule has 2 N–H and O–H groups in total. The van der Waals surface area contributed by atoms with E-state index in [1.165, 1.54) is 50.2 Å². The van der Waals surface area contributed by atoms with Gasteiger partial charge in [0.2, 0.25) is 21.7 Å². The molecule has 0 aromatic heterocycles. The molecule has 0 saturated carbocycles. The molecule has 148 valence electrons. The summed E-state index contributed by atoms with van der Waals surface area (Å²) in [5.41, 5.74) is 1.38. The Morgan fingerprint density at radius 3 is 1.89 bits per heavy atom. The molecule has 0 spiro atoms. The number of amides is 1. The molecule has 28 heavy (non-hydrogen) atoms. The molecule has 9 heteroatoms. The van der Waals surface area contributed by atoms with E-state index in [0.717, 1.165) is 6.26 Å². The van der Waals surface area contributed by atoms with E-state index in [4.69, 9.17) is 4.74 Å². The van der Waals surface area contributed by atoms with Gasteiger partial charge in [0.05, 0.1) is 11.8 Å². The predicted octanol–water partition coefficient (Wildman–Crippen LogP) is 2.44. The monoisotopic (exact) mass is 404 g/mol. The van der Waals surface area contributed by atoms with Crippen molar-refractivity contribution in [1.29, 1.82) is 0 Å². The number of sulfonamides is 1. The molecule has 0 aliphatic rings. The van der Waals surface area contributed by atoms with E-state index in [1.807, 2.05) is 0 Å². The number of ether oxygens (including phenoxy) is 1. The van der Waals surface area contributed by atoms with Crippen LogP contribution in [0.4, 0.5) is 11.4 Å². The van der Waals surface area contributed by atoms with Crippen LogP contribution in [0.25, 0.3) is 0 Å². The third-order valence-corrected chi connectivity index (χ3v) is 4.17. The standard InChI is InChI=1S/C19H20N2O6S/c1-12(18(23)14-4-10-17(11-5-14)21-28(3,25)26)27-19(24)15-6-8-16(9-7-15)20-13(2)22/h4-12,21H,1-3H3,(H,20,22)/t12-/m0/s1. The quantitative estimate of drug-likeness (QED) is 0.540. The van der Waals surface area contributed by atoms with Gasteiger partial charge in [-0.05, 0) is 55.5 Å². The average molecular weight is 404 g/mol. The van der Waals surface area contributed by atoms with E-state index in [1.54, 1.807) is 12.1 Å². The van der Waals surface area contributed by atoms with E-state index >= 15 is 0 Å². The zero-order chi connectivity index (χ0) is 20.9. The fourth-order valence-corrected chi connectivity index (χ4v) is 2.89. The summed E-state index contributed by atoms with van der Waals surface area (Å²) in [5.74, 6) is -1.33. The fourth-order valence-electron chi connectivity index (χ4n) is 2.33. The molecule has 0 bridgehead atoms. The maximum Gasteiger partial charge on any atom is 0.338 e. The van der Waals surface area contributed by atoms with Crippen molar-refractivity contribution < 1.29 is 27.5 Å². The number of ketones is 1. The van der Waals surface area contributed by atoms with Gasteiger partial charge in [-0.25, -0.2) is 13.2 Å². The molecule has 2 aromatic rings. The average Bonchev–Trinajstić information content (AvgIpc) is 2.60. The van der Waals surface area contributed by atoms with Crippen molar-refractivity contribution in [3.05, 3.63) is 59.7 Å². The van der Waals surface area contributed by atoms with Gasteiger partial charge in [-0.2, -0.15) is 0 Å². The van der Waals surface area contributed by atoms with Gasteiger partial charge >= 0.3 is 5.97 Å². The van der Waals surface area contributed by atoms with Crippen molar-refractivity contribution in [1.82, 2.24) is 0 Å². The lowest BCUT2D eigenvalue weighted by molar-refractivity contribution is -0.114. The Bertz CT molecular complexity index is 982. The Hall–Kier alpha value is -3.20. The highest BCUT2D eigenvalue weighted by Crippen LogP contribution is 2.15. The zero-order valence-electron chi connectivity index (χ0n) is 15.6. The maximum atomic E-state index is 12.4. The number of nitrogens with one attached hydrogen (secondary N) is 2. The van der Waals surface area contributed by atoms with Crippen LogP contribution in [0.5, 0.6) is 0 Å². The molecule has 1 amide bonds. The van der Waals surface area contributed by atoms with Crippen molar-refractivity contribution in [3.8, 4) is 0 Å². The van der Waals surface area contributed by atoms with E-state index < -0.39 is 27.9 Å². The van der Waals surface area contributed by atoms with Gasteiger partial charge in [0.15, 0.2) is 6.10 Å². The molecule has 0 saturated heterocycles. The second-order valence-corrected chi connectivity index (χ2v) is 7.87. The lowest BCUT2D eigenvalue weighted by Crippen LogP contribution is -2.24. The van der Waals surface area contributed by atoms with Crippen LogP contribution in [0, 0.1) is 0 Å². The summed E-state index contributed by atoms with van der Waals surface area (Å²) < 4.78 is 29.9. The molecule has 0 radical (unpaired) electrons. The zero-order valence-corrected chi connectivity index (χ0v) is 16.4. The van der Waals surface area contributed by atoms with Gasteiger partial charge in [0.1, 0.15) is 0 Å². The van der Waals surface area contributed by atoms with Crippen LogP contribution < -0.4 is 10.0 Å². The highest BCUT2D eigenvalue weighted by molar-refractivity contribution is 7.92.